The van der Waals surface area contributed by atoms with E-state index in [1.54, 1.807) is 11.3 Å². The number of aryl methyl sites for hydroxylation is 1. The van der Waals surface area contributed by atoms with Crippen LogP contribution in [0.2, 0.25) is 0 Å². The Labute approximate surface area is 172 Å². The summed E-state index contributed by atoms with van der Waals surface area (Å²) in [7, 11) is 0. The number of aromatic nitrogens is 1. The minimum absolute atomic E-state index is 0.447. The van der Waals surface area contributed by atoms with Gasteiger partial charge in [0.15, 0.2) is 5.96 Å². The van der Waals surface area contributed by atoms with E-state index < -0.39 is 0 Å². The van der Waals surface area contributed by atoms with E-state index in [0.29, 0.717) is 12.6 Å². The van der Waals surface area contributed by atoms with E-state index in [2.05, 4.69) is 48.4 Å². The molecular formula is C21H31N5OS. The highest BCUT2D eigenvalue weighted by molar-refractivity contribution is 7.15. The van der Waals surface area contributed by atoms with Crippen molar-refractivity contribution in [2.75, 3.05) is 39.4 Å². The SMILES string of the molecule is CCNC(=NCc1sc(-c2ccccc2)nc1C)NCC(C)N1CCOCC1. The van der Waals surface area contributed by atoms with Gasteiger partial charge in [-0.1, -0.05) is 30.3 Å². The van der Waals surface area contributed by atoms with Gasteiger partial charge >= 0.3 is 0 Å². The van der Waals surface area contributed by atoms with Gasteiger partial charge in [0.25, 0.3) is 0 Å². The molecule has 1 unspecified atom stereocenters. The first-order valence-corrected chi connectivity index (χ1v) is 10.8. The predicted octanol–water partition coefficient (Wildman–Crippen LogP) is 2.89. The van der Waals surface area contributed by atoms with Crippen molar-refractivity contribution in [2.45, 2.75) is 33.4 Å². The normalized spacial score (nSPS) is 16.8. The molecule has 3 rings (SSSR count). The zero-order valence-corrected chi connectivity index (χ0v) is 17.9. The van der Waals surface area contributed by atoms with Crippen molar-refractivity contribution in [1.29, 1.82) is 0 Å². The van der Waals surface area contributed by atoms with E-state index in [1.807, 2.05) is 18.2 Å². The standard InChI is InChI=1S/C21H31N5OS/c1-4-22-21(23-14-16(2)26-10-12-27-13-11-26)24-15-19-17(3)25-20(28-19)18-8-6-5-7-9-18/h5-9,16H,4,10-15H2,1-3H3,(H2,22,23,24). The summed E-state index contributed by atoms with van der Waals surface area (Å²) >= 11 is 1.72. The van der Waals surface area contributed by atoms with Crippen molar-refractivity contribution in [3.05, 3.63) is 40.9 Å². The number of ether oxygens (including phenoxy) is 1. The van der Waals surface area contributed by atoms with Crippen molar-refractivity contribution < 1.29 is 4.74 Å². The fourth-order valence-electron chi connectivity index (χ4n) is 3.16. The van der Waals surface area contributed by atoms with E-state index in [0.717, 1.165) is 61.6 Å². The first kappa shape index (κ1) is 20.8. The molecule has 1 aliphatic heterocycles. The second-order valence-corrected chi connectivity index (χ2v) is 8.05. The lowest BCUT2D eigenvalue weighted by molar-refractivity contribution is 0.0211. The predicted molar refractivity (Wildman–Crippen MR) is 117 cm³/mol. The molecule has 2 N–H and O–H groups in total. The van der Waals surface area contributed by atoms with Gasteiger partial charge in [0.05, 0.1) is 25.5 Å². The van der Waals surface area contributed by atoms with Crippen molar-refractivity contribution in [1.82, 2.24) is 20.5 Å². The summed E-state index contributed by atoms with van der Waals surface area (Å²) < 4.78 is 5.44. The first-order chi connectivity index (χ1) is 13.7. The van der Waals surface area contributed by atoms with Crippen LogP contribution in [-0.2, 0) is 11.3 Å². The number of hydrogen-bond donors (Lipinski definition) is 2. The fourth-order valence-corrected chi connectivity index (χ4v) is 4.16. The minimum atomic E-state index is 0.447. The number of rotatable bonds is 7. The maximum absolute atomic E-state index is 5.44. The molecule has 1 saturated heterocycles. The lowest BCUT2D eigenvalue weighted by Crippen LogP contribution is -2.49. The third kappa shape index (κ3) is 5.77. The van der Waals surface area contributed by atoms with E-state index in [-0.39, 0.29) is 0 Å². The zero-order valence-electron chi connectivity index (χ0n) is 17.1. The summed E-state index contributed by atoms with van der Waals surface area (Å²) in [5.74, 6) is 0.858. The second-order valence-electron chi connectivity index (χ2n) is 6.97. The topological polar surface area (TPSA) is 61.8 Å². The Bertz CT molecular complexity index is 755. The molecule has 2 aromatic rings. The molecule has 1 aromatic carbocycles. The molecule has 7 heteroatoms. The van der Waals surface area contributed by atoms with E-state index >= 15 is 0 Å². The number of benzene rings is 1. The van der Waals surface area contributed by atoms with Crippen LogP contribution in [0.3, 0.4) is 0 Å². The van der Waals surface area contributed by atoms with Crippen LogP contribution in [0.4, 0.5) is 0 Å². The fraction of sp³-hybridized carbons (Fsp3) is 0.524. The van der Waals surface area contributed by atoms with Crippen LogP contribution in [0.25, 0.3) is 10.6 Å². The molecule has 0 amide bonds. The van der Waals surface area contributed by atoms with Crippen LogP contribution in [0, 0.1) is 6.92 Å². The van der Waals surface area contributed by atoms with E-state index in [9.17, 15) is 0 Å². The van der Waals surface area contributed by atoms with Crippen LogP contribution in [0.15, 0.2) is 35.3 Å². The average molecular weight is 402 g/mol. The van der Waals surface area contributed by atoms with Gasteiger partial charge in [-0.25, -0.2) is 9.98 Å². The maximum atomic E-state index is 5.44. The first-order valence-electron chi connectivity index (χ1n) is 10.0. The third-order valence-electron chi connectivity index (χ3n) is 4.87. The summed E-state index contributed by atoms with van der Waals surface area (Å²) in [5, 5.41) is 7.89. The molecule has 0 saturated carbocycles. The van der Waals surface area contributed by atoms with Gasteiger partial charge in [0.2, 0.25) is 0 Å². The van der Waals surface area contributed by atoms with Gasteiger partial charge in [-0.2, -0.15) is 0 Å². The summed E-state index contributed by atoms with van der Waals surface area (Å²) in [4.78, 5) is 13.2. The third-order valence-corrected chi connectivity index (χ3v) is 6.06. The molecule has 6 nitrogen and oxygen atoms in total. The molecule has 28 heavy (non-hydrogen) atoms. The molecule has 152 valence electrons. The number of guanidine groups is 1. The number of nitrogens with one attached hydrogen (secondary N) is 2. The maximum Gasteiger partial charge on any atom is 0.191 e. The molecule has 0 radical (unpaired) electrons. The Balaban J connectivity index is 1.60. The molecule has 2 heterocycles. The highest BCUT2D eigenvalue weighted by Gasteiger charge is 2.17. The number of morpholine rings is 1. The summed E-state index contributed by atoms with van der Waals surface area (Å²) in [6, 6.07) is 10.8. The Morgan fingerprint density at radius 2 is 2.00 bits per heavy atom. The highest BCUT2D eigenvalue weighted by atomic mass is 32.1. The molecule has 1 fully saturated rings. The van der Waals surface area contributed by atoms with Gasteiger partial charge in [-0.15, -0.1) is 11.3 Å². The molecule has 0 aliphatic carbocycles. The van der Waals surface area contributed by atoms with Gasteiger partial charge in [0.1, 0.15) is 5.01 Å². The summed E-state index contributed by atoms with van der Waals surface area (Å²) in [6.45, 7) is 12.4. The van der Waals surface area contributed by atoms with Gasteiger partial charge in [-0.3, -0.25) is 4.90 Å². The van der Waals surface area contributed by atoms with E-state index in [4.69, 9.17) is 14.7 Å². The average Bonchev–Trinajstić information content (AvgIpc) is 3.11. The number of hydrogen-bond acceptors (Lipinski definition) is 5. The van der Waals surface area contributed by atoms with Crippen LogP contribution in [-0.4, -0.2) is 61.3 Å². The van der Waals surface area contributed by atoms with Crippen molar-refractivity contribution in [2.24, 2.45) is 4.99 Å². The quantitative estimate of drug-likeness (QED) is 0.552. The van der Waals surface area contributed by atoms with Crippen molar-refractivity contribution in [3.8, 4) is 10.6 Å². The Morgan fingerprint density at radius 3 is 2.71 bits per heavy atom. The van der Waals surface area contributed by atoms with Gasteiger partial charge < -0.3 is 15.4 Å². The number of nitrogens with zero attached hydrogens (tertiary/aromatic N) is 3. The highest BCUT2D eigenvalue weighted by Crippen LogP contribution is 2.28. The molecule has 1 aromatic heterocycles. The lowest BCUT2D eigenvalue weighted by atomic mass is 10.2. The Kier molecular flexibility index (Phi) is 7.82. The molecule has 1 atom stereocenters. The van der Waals surface area contributed by atoms with Crippen LogP contribution < -0.4 is 10.6 Å². The van der Waals surface area contributed by atoms with Crippen LogP contribution in [0.5, 0.6) is 0 Å². The van der Waals surface area contributed by atoms with Gasteiger partial charge in [-0.05, 0) is 20.8 Å². The smallest absolute Gasteiger partial charge is 0.191 e. The Hall–Kier alpha value is -1.96. The lowest BCUT2D eigenvalue weighted by Gasteiger charge is -2.32. The largest absolute Gasteiger partial charge is 0.379 e. The number of aliphatic imine (C=N–C) groups is 1. The van der Waals surface area contributed by atoms with Crippen LogP contribution in [0.1, 0.15) is 24.4 Å². The molecule has 0 bridgehead atoms. The summed E-state index contributed by atoms with van der Waals surface area (Å²) in [5.41, 5.74) is 2.22. The minimum Gasteiger partial charge on any atom is -0.379 e. The van der Waals surface area contributed by atoms with Crippen molar-refractivity contribution in [3.63, 3.8) is 0 Å². The van der Waals surface area contributed by atoms with Crippen molar-refractivity contribution >= 4 is 17.3 Å². The molecule has 0 spiro atoms. The Morgan fingerprint density at radius 1 is 1.25 bits per heavy atom. The number of thiazole rings is 1. The molecular weight excluding hydrogens is 370 g/mol. The van der Waals surface area contributed by atoms with Crippen LogP contribution >= 0.6 is 11.3 Å². The monoisotopic (exact) mass is 401 g/mol. The molecule has 1 aliphatic rings. The zero-order chi connectivity index (χ0) is 19.8. The van der Waals surface area contributed by atoms with Gasteiger partial charge in [0, 0.05) is 42.7 Å². The summed E-state index contributed by atoms with van der Waals surface area (Å²) in [6.07, 6.45) is 0. The second kappa shape index (κ2) is 10.5. The van der Waals surface area contributed by atoms with E-state index in [1.165, 1.54) is 4.88 Å².